The number of thiazole rings is 1. The highest BCUT2D eigenvalue weighted by Gasteiger charge is 2.75. The summed E-state index contributed by atoms with van der Waals surface area (Å²) < 4.78 is 45.4. The summed E-state index contributed by atoms with van der Waals surface area (Å²) in [5, 5.41) is 7.97. The van der Waals surface area contributed by atoms with E-state index in [1.807, 2.05) is 39.3 Å². The lowest BCUT2D eigenvalue weighted by molar-refractivity contribution is -0.156. The molecule has 6 aliphatic rings. The van der Waals surface area contributed by atoms with Gasteiger partial charge in [0.05, 0.1) is 58.9 Å². The van der Waals surface area contributed by atoms with Gasteiger partial charge in [-0.25, -0.2) is 19.2 Å². The van der Waals surface area contributed by atoms with Crippen LogP contribution in [0.25, 0.3) is 33.4 Å². The number of cyclic esters (lactones) is 1. The van der Waals surface area contributed by atoms with Crippen LogP contribution in [-0.2, 0) is 42.2 Å². The number of benzene rings is 1. The van der Waals surface area contributed by atoms with Gasteiger partial charge in [-0.3, -0.25) is 24.4 Å². The predicted molar refractivity (Wildman–Crippen MR) is 236 cm³/mol. The molecule has 2 N–H and O–H groups in total. The lowest BCUT2D eigenvalue weighted by atomic mass is 9.84. The average molecular weight is 885 g/mol. The van der Waals surface area contributed by atoms with Crippen LogP contribution in [0.4, 0.5) is 14.5 Å². The van der Waals surface area contributed by atoms with Crippen molar-refractivity contribution in [1.29, 1.82) is 0 Å². The Labute approximate surface area is 370 Å². The van der Waals surface area contributed by atoms with E-state index >= 15 is 8.78 Å². The standard InChI is InChI=1S/C47H58F2N8O5S/c1-8-56-35-10-9-27-18-30(35)32(39(56)31-19-28(21-50-37(31)26(3)61-7)55-15-13-54(6)14-16-55)20-45(4,5)24-62-43(60)38-36-33(47(36,48)49)22-57(53-38)42(59)40(52-41(58)29-17-25(29)2)46(11-12-46)44-51-34(27)23-63-44/h9-10,18-19,21,23,25-26,29,33,36,38,40,53H,8,11-17,20,22,24H2,1-7H3,(H,52,58)/t25-,26-,29-,33-,36-,38-,40+/m0/s1. The first-order valence-electron chi connectivity index (χ1n) is 22.6. The first-order chi connectivity index (χ1) is 30.0. The summed E-state index contributed by atoms with van der Waals surface area (Å²) in [6, 6.07) is 6.17. The summed E-state index contributed by atoms with van der Waals surface area (Å²) in [6.07, 6.45) is 4.00. The van der Waals surface area contributed by atoms with Gasteiger partial charge in [-0.1, -0.05) is 26.8 Å². The largest absolute Gasteiger partial charge is 0.464 e. The Morgan fingerprint density at radius 1 is 1.14 bits per heavy atom. The molecule has 2 saturated heterocycles. The van der Waals surface area contributed by atoms with E-state index < -0.39 is 52.5 Å². The van der Waals surface area contributed by atoms with E-state index in [-0.39, 0.29) is 37.0 Å². The predicted octanol–water partition coefficient (Wildman–Crippen LogP) is 6.20. The number of ether oxygens (including phenoxy) is 2. The number of carbonyl (C=O) groups excluding carboxylic acids is 3. The van der Waals surface area contributed by atoms with Gasteiger partial charge in [0, 0.05) is 85.1 Å². The smallest absolute Gasteiger partial charge is 0.325 e. The molecular weight excluding hydrogens is 827 g/mol. The molecule has 3 aliphatic carbocycles. The molecule has 1 spiro atoms. The monoisotopic (exact) mass is 884 g/mol. The molecule has 3 saturated carbocycles. The quantitative estimate of drug-likeness (QED) is 0.207. The minimum absolute atomic E-state index is 0.0590. The van der Waals surface area contributed by atoms with Crippen LogP contribution in [0.3, 0.4) is 0 Å². The second-order valence-electron chi connectivity index (χ2n) is 19.9. The minimum atomic E-state index is -3.17. The molecule has 0 radical (unpaired) electrons. The van der Waals surface area contributed by atoms with E-state index in [2.05, 4.69) is 63.3 Å². The Kier molecular flexibility index (Phi) is 10.3. The molecule has 3 aromatic heterocycles. The number of anilines is 1. The number of nitrogens with one attached hydrogen (secondary N) is 2. The summed E-state index contributed by atoms with van der Waals surface area (Å²) in [5.41, 5.74) is 8.95. The van der Waals surface area contributed by atoms with Crippen LogP contribution >= 0.6 is 11.3 Å². The third kappa shape index (κ3) is 7.23. The van der Waals surface area contributed by atoms with Crippen molar-refractivity contribution in [1.82, 2.24) is 35.2 Å². The van der Waals surface area contributed by atoms with Crippen molar-refractivity contribution < 1.29 is 32.6 Å². The number of methoxy groups -OCH3 is 1. The van der Waals surface area contributed by atoms with Crippen molar-refractivity contribution in [2.45, 2.75) is 96.4 Å². The molecule has 1 aromatic carbocycles. The van der Waals surface area contributed by atoms with Crippen LogP contribution in [-0.4, -0.2) is 114 Å². The van der Waals surface area contributed by atoms with Gasteiger partial charge in [0.2, 0.25) is 5.91 Å². The van der Waals surface area contributed by atoms with Gasteiger partial charge in [-0.05, 0) is 76.3 Å². The van der Waals surface area contributed by atoms with Crippen molar-refractivity contribution in [3.8, 4) is 22.5 Å². The zero-order valence-corrected chi connectivity index (χ0v) is 38.0. The second-order valence-corrected chi connectivity index (χ2v) is 20.7. The van der Waals surface area contributed by atoms with Gasteiger partial charge in [-0.2, -0.15) is 0 Å². The van der Waals surface area contributed by atoms with Crippen LogP contribution in [0, 0.1) is 29.1 Å². The molecule has 6 heterocycles. The number of carbonyl (C=O) groups is 3. The maximum absolute atomic E-state index is 15.5. The number of pyridine rings is 1. The van der Waals surface area contributed by atoms with Crippen molar-refractivity contribution in [2.75, 3.05) is 58.4 Å². The van der Waals surface area contributed by atoms with E-state index in [9.17, 15) is 14.4 Å². The first kappa shape index (κ1) is 42.4. The van der Waals surface area contributed by atoms with Crippen molar-refractivity contribution in [3.63, 3.8) is 0 Å². The number of nitrogens with zero attached hydrogens (tertiary/aromatic N) is 6. The fourth-order valence-electron chi connectivity index (χ4n) is 10.5. The molecule has 13 nitrogen and oxygen atoms in total. The van der Waals surface area contributed by atoms with Gasteiger partial charge in [-0.15, -0.1) is 11.3 Å². The average Bonchev–Trinajstić information content (AvgIpc) is 4.22. The number of amides is 2. The third-order valence-corrected chi connectivity index (χ3v) is 15.9. The number of esters is 1. The topological polar surface area (TPSA) is 134 Å². The molecule has 63 heavy (non-hydrogen) atoms. The molecular formula is C47H58F2N8O5S. The Hall–Kier alpha value is -4.51. The maximum Gasteiger partial charge on any atom is 0.325 e. The van der Waals surface area contributed by atoms with Gasteiger partial charge < -0.3 is 29.2 Å². The van der Waals surface area contributed by atoms with E-state index in [0.29, 0.717) is 30.8 Å². The zero-order chi connectivity index (χ0) is 44.3. The summed E-state index contributed by atoms with van der Waals surface area (Å²) in [7, 11) is 3.83. The van der Waals surface area contributed by atoms with Gasteiger partial charge in [0.25, 0.3) is 11.8 Å². The number of hydrazine groups is 1. The number of hydrogen-bond acceptors (Lipinski definition) is 11. The first-order valence-corrected chi connectivity index (χ1v) is 23.4. The van der Waals surface area contributed by atoms with Crippen LogP contribution in [0.2, 0.25) is 0 Å². The number of fused-ring (bicyclic) bond motifs is 9. The molecule has 10 rings (SSSR count). The minimum Gasteiger partial charge on any atom is -0.464 e. The Balaban J connectivity index is 1.13. The molecule has 2 amide bonds. The van der Waals surface area contributed by atoms with Crippen molar-refractivity contribution >= 4 is 45.7 Å². The highest BCUT2D eigenvalue weighted by molar-refractivity contribution is 7.10. The number of aryl methyl sites for hydroxylation is 1. The molecule has 0 unspecified atom stereocenters. The fraction of sp³-hybridized carbons (Fsp3) is 0.596. The molecule has 336 valence electrons. The number of piperazine rings is 1. The van der Waals surface area contributed by atoms with Crippen LogP contribution in [0.15, 0.2) is 35.8 Å². The van der Waals surface area contributed by atoms with E-state index in [4.69, 9.17) is 19.4 Å². The van der Waals surface area contributed by atoms with Crippen LogP contribution < -0.4 is 15.6 Å². The number of hydrogen-bond donors (Lipinski definition) is 2. The molecule has 3 aliphatic heterocycles. The summed E-state index contributed by atoms with van der Waals surface area (Å²) in [5.74, 6) is -7.31. The van der Waals surface area contributed by atoms with E-state index in [1.165, 1.54) is 11.3 Å². The Morgan fingerprint density at radius 3 is 2.57 bits per heavy atom. The van der Waals surface area contributed by atoms with Crippen molar-refractivity contribution in [3.05, 3.63) is 52.1 Å². The zero-order valence-electron chi connectivity index (χ0n) is 37.2. The summed E-state index contributed by atoms with van der Waals surface area (Å²) in [6.45, 7) is 14.1. The molecule has 7 atom stereocenters. The molecule has 5 fully saturated rings. The SMILES string of the molecule is CCn1c(-c2cc(N3CCN(C)CC3)cnc2[C@H](C)OC)c2c3cc(ccc31)-c1csc(n1)C1(CC1)[C@H](NC(=O)[C@H]1C[C@@H]1C)C(=O)N1C[C@H]3[C@@H]([C@H](N1)C(=O)OCC(C)(C)C2)C3(F)F. The van der Waals surface area contributed by atoms with Crippen molar-refractivity contribution in [2.24, 2.45) is 29.1 Å². The van der Waals surface area contributed by atoms with E-state index in [1.54, 1.807) is 7.11 Å². The Morgan fingerprint density at radius 2 is 1.89 bits per heavy atom. The summed E-state index contributed by atoms with van der Waals surface area (Å²) in [4.78, 5) is 57.5. The lowest BCUT2D eigenvalue weighted by Gasteiger charge is -2.36. The molecule has 4 aromatic rings. The lowest BCUT2D eigenvalue weighted by Crippen LogP contribution is -2.63. The second kappa shape index (κ2) is 15.3. The number of alkyl halides is 2. The fourth-order valence-corrected chi connectivity index (χ4v) is 11.6. The van der Waals surface area contributed by atoms with E-state index in [0.717, 1.165) is 88.0 Å². The van der Waals surface area contributed by atoms with Crippen LogP contribution in [0.5, 0.6) is 0 Å². The number of halogens is 2. The number of aromatic nitrogens is 3. The molecule has 16 heteroatoms. The summed E-state index contributed by atoms with van der Waals surface area (Å²) >= 11 is 1.45. The van der Waals surface area contributed by atoms with Crippen LogP contribution in [0.1, 0.15) is 76.3 Å². The highest BCUT2D eigenvalue weighted by Crippen LogP contribution is 2.60. The highest BCUT2D eigenvalue weighted by atomic mass is 32.1. The van der Waals surface area contributed by atoms with Gasteiger partial charge in [0.15, 0.2) is 0 Å². The van der Waals surface area contributed by atoms with Gasteiger partial charge in [0.1, 0.15) is 17.1 Å². The molecule has 6 bridgehead atoms. The Bertz CT molecular complexity index is 2490. The number of rotatable bonds is 7. The third-order valence-electron chi connectivity index (χ3n) is 14.9. The van der Waals surface area contributed by atoms with Gasteiger partial charge >= 0.3 is 5.97 Å². The number of likely N-dealkylation sites (N-methyl/N-ethyl adjacent to an activating group) is 1. The maximum atomic E-state index is 15.5. The normalized spacial score (nSPS) is 28.9.